The SMILES string of the molecule is Cc1cc(C(=O)NCc2ccc(OCC(C)F)c(C)c2)nc(NC(=O)C2CC2)n1. The summed E-state index contributed by atoms with van der Waals surface area (Å²) in [6.45, 7) is 5.35. The van der Waals surface area contributed by atoms with E-state index in [4.69, 9.17) is 4.74 Å². The van der Waals surface area contributed by atoms with Crippen LogP contribution in [-0.4, -0.2) is 34.6 Å². The Balaban J connectivity index is 1.60. The van der Waals surface area contributed by atoms with Gasteiger partial charge in [-0.05, 0) is 56.9 Å². The lowest BCUT2D eigenvalue weighted by atomic mass is 10.1. The number of aromatic nitrogens is 2. The molecule has 154 valence electrons. The first-order valence-electron chi connectivity index (χ1n) is 9.63. The Hall–Kier alpha value is -3.03. The molecule has 1 aliphatic carbocycles. The molecule has 7 nitrogen and oxygen atoms in total. The molecule has 2 N–H and O–H groups in total. The molecule has 1 saturated carbocycles. The largest absolute Gasteiger partial charge is 0.490 e. The molecule has 3 rings (SSSR count). The lowest BCUT2D eigenvalue weighted by molar-refractivity contribution is -0.117. The molecule has 1 unspecified atom stereocenters. The van der Waals surface area contributed by atoms with Gasteiger partial charge < -0.3 is 10.1 Å². The maximum Gasteiger partial charge on any atom is 0.270 e. The maximum atomic E-state index is 12.9. The highest BCUT2D eigenvalue weighted by Gasteiger charge is 2.30. The number of anilines is 1. The number of aryl methyl sites for hydroxylation is 2. The van der Waals surface area contributed by atoms with E-state index in [1.165, 1.54) is 6.92 Å². The van der Waals surface area contributed by atoms with Crippen LogP contribution in [0.2, 0.25) is 0 Å². The molecule has 1 heterocycles. The summed E-state index contributed by atoms with van der Waals surface area (Å²) in [4.78, 5) is 32.7. The number of nitrogens with one attached hydrogen (secondary N) is 2. The van der Waals surface area contributed by atoms with Gasteiger partial charge in [0.25, 0.3) is 5.91 Å². The van der Waals surface area contributed by atoms with Crippen molar-refractivity contribution in [1.82, 2.24) is 15.3 Å². The highest BCUT2D eigenvalue weighted by atomic mass is 19.1. The highest BCUT2D eigenvalue weighted by Crippen LogP contribution is 2.29. The Bertz CT molecular complexity index is 913. The van der Waals surface area contributed by atoms with Gasteiger partial charge in [-0.2, -0.15) is 0 Å². The summed E-state index contributed by atoms with van der Waals surface area (Å²) < 4.78 is 18.3. The van der Waals surface area contributed by atoms with Crippen molar-refractivity contribution in [3.05, 3.63) is 46.8 Å². The number of amides is 2. The Kier molecular flexibility index (Phi) is 6.41. The quantitative estimate of drug-likeness (QED) is 0.710. The van der Waals surface area contributed by atoms with Gasteiger partial charge in [0.2, 0.25) is 11.9 Å². The molecule has 8 heteroatoms. The van der Waals surface area contributed by atoms with E-state index in [9.17, 15) is 14.0 Å². The topological polar surface area (TPSA) is 93.2 Å². The Morgan fingerprint density at radius 3 is 2.66 bits per heavy atom. The molecule has 1 aromatic heterocycles. The number of benzene rings is 1. The summed E-state index contributed by atoms with van der Waals surface area (Å²) in [5.41, 5.74) is 2.53. The van der Waals surface area contributed by atoms with Crippen LogP contribution >= 0.6 is 0 Å². The number of nitrogens with zero attached hydrogens (tertiary/aromatic N) is 2. The number of hydrogen-bond donors (Lipinski definition) is 2. The molecule has 1 fully saturated rings. The maximum absolute atomic E-state index is 12.9. The first-order chi connectivity index (χ1) is 13.8. The summed E-state index contributed by atoms with van der Waals surface area (Å²) in [5.74, 6) is 0.321. The summed E-state index contributed by atoms with van der Waals surface area (Å²) in [7, 11) is 0. The van der Waals surface area contributed by atoms with E-state index < -0.39 is 6.17 Å². The second-order valence-electron chi connectivity index (χ2n) is 7.36. The number of halogens is 1. The number of alkyl halides is 1. The van der Waals surface area contributed by atoms with Crippen LogP contribution in [0, 0.1) is 19.8 Å². The van der Waals surface area contributed by atoms with Crippen LogP contribution in [-0.2, 0) is 11.3 Å². The summed E-state index contributed by atoms with van der Waals surface area (Å²) in [5, 5.41) is 5.48. The van der Waals surface area contributed by atoms with E-state index in [-0.39, 0.29) is 36.0 Å². The van der Waals surface area contributed by atoms with E-state index in [0.717, 1.165) is 24.0 Å². The smallest absolute Gasteiger partial charge is 0.270 e. The van der Waals surface area contributed by atoms with Crippen molar-refractivity contribution in [3.8, 4) is 5.75 Å². The molecular weight excluding hydrogens is 375 g/mol. The number of rotatable bonds is 8. The van der Waals surface area contributed by atoms with E-state index in [2.05, 4.69) is 20.6 Å². The molecular formula is C21H25FN4O3. The van der Waals surface area contributed by atoms with Gasteiger partial charge in [0.05, 0.1) is 0 Å². The van der Waals surface area contributed by atoms with Crippen molar-refractivity contribution < 1.29 is 18.7 Å². The minimum absolute atomic E-state index is 0.00358. The Morgan fingerprint density at radius 1 is 1.24 bits per heavy atom. The third-order valence-corrected chi connectivity index (χ3v) is 4.43. The molecule has 1 aliphatic rings. The first-order valence-corrected chi connectivity index (χ1v) is 9.63. The third kappa shape index (κ3) is 5.97. The molecule has 29 heavy (non-hydrogen) atoms. The minimum Gasteiger partial charge on any atom is -0.490 e. The monoisotopic (exact) mass is 400 g/mol. The van der Waals surface area contributed by atoms with Gasteiger partial charge in [0.1, 0.15) is 24.2 Å². The van der Waals surface area contributed by atoms with Crippen LogP contribution in [0.1, 0.15) is 47.1 Å². The van der Waals surface area contributed by atoms with E-state index in [1.54, 1.807) is 19.1 Å². The summed E-state index contributed by atoms with van der Waals surface area (Å²) in [6, 6.07) is 7.03. The van der Waals surface area contributed by atoms with Crippen molar-refractivity contribution in [2.45, 2.75) is 46.3 Å². The standard InChI is InChI=1S/C21H25FN4O3/c1-12-8-15(4-7-18(12)29-11-13(2)22)10-23-20(28)17-9-14(3)24-21(25-17)26-19(27)16-5-6-16/h4,7-9,13,16H,5-6,10-11H2,1-3H3,(H,23,28)(H,24,25,26,27). The lowest BCUT2D eigenvalue weighted by Crippen LogP contribution is -2.25. The van der Waals surface area contributed by atoms with Gasteiger partial charge in [0.15, 0.2) is 0 Å². The Morgan fingerprint density at radius 2 is 2.00 bits per heavy atom. The zero-order chi connectivity index (χ0) is 21.0. The van der Waals surface area contributed by atoms with Crippen molar-refractivity contribution >= 4 is 17.8 Å². The molecule has 0 radical (unpaired) electrons. The molecule has 1 aromatic carbocycles. The molecule has 0 bridgehead atoms. The average Bonchev–Trinajstić information content (AvgIpc) is 3.50. The zero-order valence-corrected chi connectivity index (χ0v) is 16.8. The third-order valence-electron chi connectivity index (χ3n) is 4.43. The second kappa shape index (κ2) is 8.98. The summed E-state index contributed by atoms with van der Waals surface area (Å²) in [6.07, 6.45) is 0.714. The van der Waals surface area contributed by atoms with Crippen molar-refractivity contribution in [1.29, 1.82) is 0 Å². The number of ether oxygens (including phenoxy) is 1. The van der Waals surface area contributed by atoms with Gasteiger partial charge in [-0.25, -0.2) is 14.4 Å². The minimum atomic E-state index is -1.04. The van der Waals surface area contributed by atoms with Crippen molar-refractivity contribution in [2.75, 3.05) is 11.9 Å². The highest BCUT2D eigenvalue weighted by molar-refractivity contribution is 5.95. The van der Waals surface area contributed by atoms with Crippen LogP contribution in [0.4, 0.5) is 10.3 Å². The molecule has 0 aliphatic heterocycles. The number of hydrogen-bond acceptors (Lipinski definition) is 5. The first kappa shape index (κ1) is 20.7. The van der Waals surface area contributed by atoms with Crippen LogP contribution in [0.5, 0.6) is 5.75 Å². The molecule has 2 aromatic rings. The molecule has 2 amide bonds. The molecule has 1 atom stereocenters. The van der Waals surface area contributed by atoms with Crippen LogP contribution in [0.15, 0.2) is 24.3 Å². The Labute approximate surface area is 169 Å². The fourth-order valence-corrected chi connectivity index (χ4v) is 2.76. The van der Waals surface area contributed by atoms with Crippen LogP contribution in [0.3, 0.4) is 0 Å². The summed E-state index contributed by atoms with van der Waals surface area (Å²) >= 11 is 0. The van der Waals surface area contributed by atoms with Gasteiger partial charge in [-0.15, -0.1) is 0 Å². The average molecular weight is 400 g/mol. The van der Waals surface area contributed by atoms with E-state index in [0.29, 0.717) is 18.0 Å². The lowest BCUT2D eigenvalue weighted by Gasteiger charge is -2.12. The van der Waals surface area contributed by atoms with Gasteiger partial charge in [0, 0.05) is 18.2 Å². The van der Waals surface area contributed by atoms with Crippen molar-refractivity contribution in [3.63, 3.8) is 0 Å². The van der Waals surface area contributed by atoms with Crippen LogP contribution < -0.4 is 15.4 Å². The predicted octanol–water partition coefficient (Wildman–Crippen LogP) is 3.11. The fraction of sp³-hybridized carbons (Fsp3) is 0.429. The second-order valence-corrected chi connectivity index (χ2v) is 7.36. The van der Waals surface area contributed by atoms with Gasteiger partial charge in [-0.1, -0.05) is 12.1 Å². The zero-order valence-electron chi connectivity index (χ0n) is 16.8. The van der Waals surface area contributed by atoms with E-state index in [1.807, 2.05) is 19.1 Å². The van der Waals surface area contributed by atoms with Gasteiger partial charge >= 0.3 is 0 Å². The van der Waals surface area contributed by atoms with E-state index >= 15 is 0 Å². The molecule has 0 saturated heterocycles. The van der Waals surface area contributed by atoms with Crippen molar-refractivity contribution in [2.24, 2.45) is 5.92 Å². The fourth-order valence-electron chi connectivity index (χ4n) is 2.76. The van der Waals surface area contributed by atoms with Crippen LogP contribution in [0.25, 0.3) is 0 Å². The number of carbonyl (C=O) groups is 2. The number of carbonyl (C=O) groups excluding carboxylic acids is 2. The normalized spacial score (nSPS) is 14.2. The van der Waals surface area contributed by atoms with Gasteiger partial charge in [-0.3, -0.25) is 14.9 Å². The predicted molar refractivity (Wildman–Crippen MR) is 107 cm³/mol. The molecule has 0 spiro atoms.